The first-order valence-electron chi connectivity index (χ1n) is 6.25. The Bertz CT molecular complexity index is 718. The highest BCUT2D eigenvalue weighted by molar-refractivity contribution is 5.76. The number of rotatable bonds is 3. The van der Waals surface area contributed by atoms with Gasteiger partial charge in [0.2, 0.25) is 0 Å². The molecule has 0 spiro atoms. The average Bonchev–Trinajstić information content (AvgIpc) is 2.82. The van der Waals surface area contributed by atoms with Gasteiger partial charge in [-0.1, -0.05) is 12.1 Å². The highest BCUT2D eigenvalue weighted by atomic mass is 16.3. The normalized spacial score (nSPS) is 10.8. The van der Waals surface area contributed by atoms with Crippen molar-refractivity contribution in [1.82, 2.24) is 9.97 Å². The molecular weight excluding hydrogens is 238 g/mol. The van der Waals surface area contributed by atoms with E-state index in [0.717, 1.165) is 34.1 Å². The Balaban J connectivity index is 1.86. The molecule has 0 aliphatic rings. The number of fused-ring (bicyclic) bond motifs is 1. The minimum Gasteiger partial charge on any atom is -0.465 e. The zero-order valence-electron chi connectivity index (χ0n) is 11.0. The maximum Gasteiger partial charge on any atom is 0.148 e. The van der Waals surface area contributed by atoms with E-state index in [-0.39, 0.29) is 0 Å². The van der Waals surface area contributed by atoms with E-state index in [2.05, 4.69) is 15.3 Å². The molecule has 19 heavy (non-hydrogen) atoms. The molecule has 2 aromatic heterocycles. The minimum atomic E-state index is 0.613. The number of aryl methyl sites for hydroxylation is 2. The summed E-state index contributed by atoms with van der Waals surface area (Å²) in [6.07, 6.45) is 0. The van der Waals surface area contributed by atoms with Crippen LogP contribution >= 0.6 is 0 Å². The van der Waals surface area contributed by atoms with E-state index in [1.54, 1.807) is 0 Å². The van der Waals surface area contributed by atoms with Crippen molar-refractivity contribution < 1.29 is 4.42 Å². The van der Waals surface area contributed by atoms with Crippen LogP contribution in [0.1, 0.15) is 17.2 Å². The molecule has 3 rings (SSSR count). The molecule has 0 atom stereocenters. The van der Waals surface area contributed by atoms with Crippen LogP contribution in [-0.4, -0.2) is 9.97 Å². The fourth-order valence-electron chi connectivity index (χ4n) is 2.01. The van der Waals surface area contributed by atoms with Crippen molar-refractivity contribution in [3.05, 3.63) is 53.6 Å². The molecular formula is C15H15N3O. The van der Waals surface area contributed by atoms with Gasteiger partial charge in [-0.3, -0.25) is 0 Å². The molecule has 4 nitrogen and oxygen atoms in total. The van der Waals surface area contributed by atoms with Crippen LogP contribution in [0.2, 0.25) is 0 Å². The Kier molecular flexibility index (Phi) is 2.91. The number of hydrogen-bond donors (Lipinski definition) is 1. The number of anilines is 1. The summed E-state index contributed by atoms with van der Waals surface area (Å²) in [7, 11) is 0. The van der Waals surface area contributed by atoms with Crippen molar-refractivity contribution in [1.29, 1.82) is 0 Å². The molecule has 96 valence electrons. The third kappa shape index (κ3) is 2.42. The highest BCUT2D eigenvalue weighted by Gasteiger charge is 2.05. The number of para-hydroxylation sites is 2. The molecule has 0 saturated carbocycles. The highest BCUT2D eigenvalue weighted by Crippen LogP contribution is 2.17. The summed E-state index contributed by atoms with van der Waals surface area (Å²) in [6, 6.07) is 11.8. The lowest BCUT2D eigenvalue weighted by Gasteiger charge is -2.08. The van der Waals surface area contributed by atoms with Crippen molar-refractivity contribution in [2.24, 2.45) is 0 Å². The van der Waals surface area contributed by atoms with E-state index in [1.165, 1.54) is 0 Å². The van der Waals surface area contributed by atoms with Crippen molar-refractivity contribution in [2.75, 3.05) is 5.32 Å². The quantitative estimate of drug-likeness (QED) is 0.776. The zero-order chi connectivity index (χ0) is 13.2. The summed E-state index contributed by atoms with van der Waals surface area (Å²) >= 11 is 0. The monoisotopic (exact) mass is 253 g/mol. The van der Waals surface area contributed by atoms with Gasteiger partial charge in [-0.15, -0.1) is 0 Å². The second kappa shape index (κ2) is 4.72. The van der Waals surface area contributed by atoms with Crippen molar-refractivity contribution in [3.8, 4) is 0 Å². The van der Waals surface area contributed by atoms with Gasteiger partial charge in [-0.2, -0.15) is 0 Å². The van der Waals surface area contributed by atoms with E-state index in [0.29, 0.717) is 6.54 Å². The van der Waals surface area contributed by atoms with Crippen LogP contribution in [0, 0.1) is 13.8 Å². The Labute approximate surface area is 111 Å². The van der Waals surface area contributed by atoms with Gasteiger partial charge in [-0.25, -0.2) is 9.97 Å². The maximum atomic E-state index is 5.52. The lowest BCUT2D eigenvalue weighted by molar-refractivity contribution is 0.490. The molecule has 0 fully saturated rings. The smallest absolute Gasteiger partial charge is 0.148 e. The van der Waals surface area contributed by atoms with Gasteiger partial charge in [0, 0.05) is 0 Å². The molecule has 0 aliphatic heterocycles. The maximum absolute atomic E-state index is 5.52. The summed E-state index contributed by atoms with van der Waals surface area (Å²) in [5.74, 6) is 2.61. The molecule has 0 amide bonds. The van der Waals surface area contributed by atoms with Crippen molar-refractivity contribution in [3.63, 3.8) is 0 Å². The molecule has 0 bridgehead atoms. The molecule has 0 saturated heterocycles. The summed E-state index contributed by atoms with van der Waals surface area (Å²) in [5.41, 5.74) is 2.70. The van der Waals surface area contributed by atoms with Crippen LogP contribution in [0.25, 0.3) is 11.0 Å². The topological polar surface area (TPSA) is 51.0 Å². The third-order valence-corrected chi connectivity index (χ3v) is 2.97. The first kappa shape index (κ1) is 11.7. The first-order chi connectivity index (χ1) is 9.22. The predicted molar refractivity (Wildman–Crippen MR) is 75.0 cm³/mol. The summed E-state index contributed by atoms with van der Waals surface area (Å²) < 4.78 is 5.52. The van der Waals surface area contributed by atoms with Gasteiger partial charge in [0.15, 0.2) is 0 Å². The van der Waals surface area contributed by atoms with Crippen molar-refractivity contribution in [2.45, 2.75) is 20.4 Å². The summed E-state index contributed by atoms with van der Waals surface area (Å²) in [5, 5.41) is 3.27. The van der Waals surface area contributed by atoms with Crippen LogP contribution in [0.5, 0.6) is 0 Å². The number of aromatic nitrogens is 2. The fourth-order valence-corrected chi connectivity index (χ4v) is 2.01. The third-order valence-electron chi connectivity index (χ3n) is 2.97. The van der Waals surface area contributed by atoms with E-state index in [1.807, 2.05) is 50.2 Å². The average molecular weight is 253 g/mol. The lowest BCUT2D eigenvalue weighted by Crippen LogP contribution is -2.04. The second-order valence-electron chi connectivity index (χ2n) is 4.51. The molecule has 2 heterocycles. The Morgan fingerprint density at radius 3 is 2.42 bits per heavy atom. The standard InChI is InChI=1S/C15H15N3O/c1-10-7-8-12(19-10)9-16-15-11(2)17-13-5-3-4-6-14(13)18-15/h3-8H,9H2,1-2H3,(H,16,18). The molecule has 0 aliphatic carbocycles. The van der Waals surface area contributed by atoms with E-state index < -0.39 is 0 Å². The SMILES string of the molecule is Cc1ccc(CNc2nc3ccccc3nc2C)o1. The minimum absolute atomic E-state index is 0.613. The molecule has 0 radical (unpaired) electrons. The molecule has 3 aromatic rings. The van der Waals surface area contributed by atoms with Crippen LogP contribution in [0.4, 0.5) is 5.82 Å². The van der Waals surface area contributed by atoms with Crippen LogP contribution in [-0.2, 0) is 6.54 Å². The number of benzene rings is 1. The number of hydrogen-bond acceptors (Lipinski definition) is 4. The molecule has 1 aromatic carbocycles. The Morgan fingerprint density at radius 1 is 1.00 bits per heavy atom. The Morgan fingerprint density at radius 2 is 1.74 bits per heavy atom. The summed E-state index contributed by atoms with van der Waals surface area (Å²) in [6.45, 7) is 4.50. The predicted octanol–water partition coefficient (Wildman–Crippen LogP) is 3.45. The second-order valence-corrected chi connectivity index (χ2v) is 4.51. The van der Waals surface area contributed by atoms with E-state index in [4.69, 9.17) is 4.42 Å². The van der Waals surface area contributed by atoms with Gasteiger partial charge < -0.3 is 9.73 Å². The summed E-state index contributed by atoms with van der Waals surface area (Å²) in [4.78, 5) is 9.12. The fraction of sp³-hybridized carbons (Fsp3) is 0.200. The number of nitrogens with zero attached hydrogens (tertiary/aromatic N) is 2. The largest absolute Gasteiger partial charge is 0.465 e. The number of furan rings is 1. The van der Waals surface area contributed by atoms with E-state index >= 15 is 0 Å². The molecule has 1 N–H and O–H groups in total. The van der Waals surface area contributed by atoms with Gasteiger partial charge in [0.25, 0.3) is 0 Å². The van der Waals surface area contributed by atoms with E-state index in [9.17, 15) is 0 Å². The molecule has 0 unspecified atom stereocenters. The lowest BCUT2D eigenvalue weighted by atomic mass is 10.3. The molecule has 4 heteroatoms. The van der Waals surface area contributed by atoms with Crippen molar-refractivity contribution >= 4 is 16.9 Å². The van der Waals surface area contributed by atoms with Gasteiger partial charge >= 0.3 is 0 Å². The van der Waals surface area contributed by atoms with Crippen LogP contribution < -0.4 is 5.32 Å². The van der Waals surface area contributed by atoms with Gasteiger partial charge in [0.05, 0.1) is 23.3 Å². The van der Waals surface area contributed by atoms with Crippen LogP contribution in [0.15, 0.2) is 40.8 Å². The first-order valence-corrected chi connectivity index (χ1v) is 6.25. The van der Waals surface area contributed by atoms with Gasteiger partial charge in [-0.05, 0) is 38.1 Å². The Hall–Kier alpha value is -2.36. The number of nitrogens with one attached hydrogen (secondary N) is 1. The van der Waals surface area contributed by atoms with Gasteiger partial charge in [0.1, 0.15) is 17.3 Å². The zero-order valence-corrected chi connectivity index (χ0v) is 11.0. The van der Waals surface area contributed by atoms with Crippen LogP contribution in [0.3, 0.4) is 0 Å².